The molecule has 15 heavy (non-hydrogen) atoms. The molecule has 0 aromatic carbocycles. The molecule has 1 unspecified atom stereocenters. The van der Waals surface area contributed by atoms with Crippen molar-refractivity contribution in [3.8, 4) is 0 Å². The molecule has 1 atom stereocenters. The van der Waals surface area contributed by atoms with Gasteiger partial charge in [-0.05, 0) is 33.4 Å². The summed E-state index contributed by atoms with van der Waals surface area (Å²) < 4.78 is 0. The number of hydrogen-bond donors (Lipinski definition) is 1. The largest absolute Gasteiger partial charge is 0.338 e. The van der Waals surface area contributed by atoms with Crippen molar-refractivity contribution < 1.29 is 4.79 Å². The lowest BCUT2D eigenvalue weighted by molar-refractivity contribution is 0.140. The number of piperidine rings is 1. The lowest BCUT2D eigenvalue weighted by Crippen LogP contribution is -2.50. The molecule has 0 radical (unpaired) electrons. The van der Waals surface area contributed by atoms with Gasteiger partial charge in [-0.3, -0.25) is 0 Å². The molecule has 1 heterocycles. The first-order chi connectivity index (χ1) is 7.15. The minimum atomic E-state index is 0.100. The number of likely N-dealkylation sites (tertiary alicyclic amines) is 1. The van der Waals surface area contributed by atoms with Gasteiger partial charge in [-0.25, -0.2) is 4.79 Å². The number of likely N-dealkylation sites (N-methyl/N-ethyl adjacent to an activating group) is 1. The summed E-state index contributed by atoms with van der Waals surface area (Å²) in [5, 5.41) is 2.93. The van der Waals surface area contributed by atoms with Crippen LogP contribution in [0.15, 0.2) is 0 Å². The molecular formula is C11H23N3O. The third-order valence-electron chi connectivity index (χ3n) is 2.94. The highest BCUT2D eigenvalue weighted by molar-refractivity contribution is 5.74. The van der Waals surface area contributed by atoms with Gasteiger partial charge >= 0.3 is 6.03 Å². The number of hydrogen-bond acceptors (Lipinski definition) is 2. The van der Waals surface area contributed by atoms with E-state index in [1.807, 2.05) is 4.90 Å². The van der Waals surface area contributed by atoms with Crippen LogP contribution >= 0.6 is 0 Å². The number of rotatable bonds is 3. The zero-order chi connectivity index (χ0) is 11.3. The van der Waals surface area contributed by atoms with Crippen LogP contribution in [-0.4, -0.2) is 55.6 Å². The van der Waals surface area contributed by atoms with Crippen LogP contribution in [0.25, 0.3) is 0 Å². The molecule has 88 valence electrons. The maximum Gasteiger partial charge on any atom is 0.317 e. The molecule has 0 saturated carbocycles. The maximum atomic E-state index is 11.7. The molecule has 1 aliphatic heterocycles. The molecule has 0 aliphatic carbocycles. The predicted molar refractivity (Wildman–Crippen MR) is 62.0 cm³/mol. The molecule has 1 rings (SSSR count). The van der Waals surface area contributed by atoms with E-state index in [4.69, 9.17) is 0 Å². The maximum absolute atomic E-state index is 11.7. The zero-order valence-electron chi connectivity index (χ0n) is 10.1. The summed E-state index contributed by atoms with van der Waals surface area (Å²) in [6.45, 7) is 4.61. The first-order valence-electron chi connectivity index (χ1n) is 5.84. The standard InChI is InChI=1S/C11H23N3O/c1-4-7-12-11(15)14-8-5-6-10(9-14)13(2)3/h10H,4-9H2,1-3H3,(H,12,15). The monoisotopic (exact) mass is 213 g/mol. The minimum Gasteiger partial charge on any atom is -0.338 e. The Bertz CT molecular complexity index is 206. The topological polar surface area (TPSA) is 35.6 Å². The lowest BCUT2D eigenvalue weighted by atomic mass is 10.1. The van der Waals surface area contributed by atoms with E-state index in [9.17, 15) is 4.79 Å². The average molecular weight is 213 g/mol. The van der Waals surface area contributed by atoms with Crippen LogP contribution in [0.2, 0.25) is 0 Å². The normalized spacial score (nSPS) is 21.9. The first-order valence-corrected chi connectivity index (χ1v) is 5.84. The summed E-state index contributed by atoms with van der Waals surface area (Å²) in [5.74, 6) is 0. The summed E-state index contributed by atoms with van der Waals surface area (Å²) in [4.78, 5) is 15.9. The van der Waals surface area contributed by atoms with Gasteiger partial charge in [0.15, 0.2) is 0 Å². The Balaban J connectivity index is 2.38. The van der Waals surface area contributed by atoms with E-state index in [-0.39, 0.29) is 6.03 Å². The van der Waals surface area contributed by atoms with Gasteiger partial charge in [0.05, 0.1) is 0 Å². The van der Waals surface area contributed by atoms with Crippen molar-refractivity contribution in [2.24, 2.45) is 0 Å². The fraction of sp³-hybridized carbons (Fsp3) is 0.909. The van der Waals surface area contributed by atoms with E-state index in [0.717, 1.165) is 32.5 Å². The Labute approximate surface area is 92.6 Å². The molecule has 1 aliphatic rings. The minimum absolute atomic E-state index is 0.100. The molecule has 1 saturated heterocycles. The van der Waals surface area contributed by atoms with E-state index in [0.29, 0.717) is 6.04 Å². The second kappa shape index (κ2) is 5.95. The summed E-state index contributed by atoms with van der Waals surface area (Å²) in [6, 6.07) is 0.620. The van der Waals surface area contributed by atoms with Crippen molar-refractivity contribution in [1.29, 1.82) is 0 Å². The van der Waals surface area contributed by atoms with Gasteiger partial charge in [0, 0.05) is 25.7 Å². The van der Waals surface area contributed by atoms with Crippen molar-refractivity contribution in [2.45, 2.75) is 32.2 Å². The van der Waals surface area contributed by atoms with E-state index < -0.39 is 0 Å². The van der Waals surface area contributed by atoms with Crippen LogP contribution in [-0.2, 0) is 0 Å². The van der Waals surface area contributed by atoms with Gasteiger partial charge in [0.2, 0.25) is 0 Å². The number of amides is 2. The second-order valence-corrected chi connectivity index (χ2v) is 4.44. The van der Waals surface area contributed by atoms with Gasteiger partial charge in [0.25, 0.3) is 0 Å². The van der Waals surface area contributed by atoms with Crippen LogP contribution < -0.4 is 5.32 Å². The third-order valence-corrected chi connectivity index (χ3v) is 2.94. The fourth-order valence-corrected chi connectivity index (χ4v) is 1.90. The van der Waals surface area contributed by atoms with Crippen LogP contribution in [0.5, 0.6) is 0 Å². The van der Waals surface area contributed by atoms with Crippen LogP contribution in [0.4, 0.5) is 4.79 Å². The highest BCUT2D eigenvalue weighted by Crippen LogP contribution is 2.13. The first kappa shape index (κ1) is 12.3. The quantitative estimate of drug-likeness (QED) is 0.763. The molecule has 1 N–H and O–H groups in total. The van der Waals surface area contributed by atoms with Crippen LogP contribution in [0.1, 0.15) is 26.2 Å². The summed E-state index contributed by atoms with van der Waals surface area (Å²) in [6.07, 6.45) is 3.31. The number of nitrogens with one attached hydrogen (secondary N) is 1. The number of urea groups is 1. The molecule has 1 fully saturated rings. The summed E-state index contributed by atoms with van der Waals surface area (Å²) >= 11 is 0. The van der Waals surface area contributed by atoms with Crippen LogP contribution in [0.3, 0.4) is 0 Å². The smallest absolute Gasteiger partial charge is 0.317 e. The van der Waals surface area contributed by atoms with E-state index >= 15 is 0 Å². The Morgan fingerprint density at radius 3 is 2.87 bits per heavy atom. The van der Waals surface area contributed by atoms with Crippen LogP contribution in [0, 0.1) is 0 Å². The summed E-state index contributed by atoms with van der Waals surface area (Å²) in [5.41, 5.74) is 0. The van der Waals surface area contributed by atoms with Gasteiger partial charge in [-0.2, -0.15) is 0 Å². The zero-order valence-corrected chi connectivity index (χ0v) is 10.1. The van der Waals surface area contributed by atoms with Gasteiger partial charge in [-0.15, -0.1) is 0 Å². The molecule has 4 heteroatoms. The molecule has 2 amide bonds. The molecular weight excluding hydrogens is 190 g/mol. The predicted octanol–water partition coefficient (Wildman–Crippen LogP) is 1.13. The van der Waals surface area contributed by atoms with Crippen molar-refractivity contribution in [2.75, 3.05) is 33.7 Å². The number of carbonyl (C=O) groups is 1. The molecule has 0 aromatic rings. The van der Waals surface area contributed by atoms with E-state index in [2.05, 4.69) is 31.2 Å². The van der Waals surface area contributed by atoms with Gasteiger partial charge in [-0.1, -0.05) is 6.92 Å². The number of carbonyl (C=O) groups excluding carboxylic acids is 1. The molecule has 4 nitrogen and oxygen atoms in total. The Morgan fingerprint density at radius 2 is 2.27 bits per heavy atom. The van der Waals surface area contributed by atoms with Crippen molar-refractivity contribution in [3.05, 3.63) is 0 Å². The molecule has 0 spiro atoms. The number of nitrogens with zero attached hydrogens (tertiary/aromatic N) is 2. The fourth-order valence-electron chi connectivity index (χ4n) is 1.90. The van der Waals surface area contributed by atoms with Crippen molar-refractivity contribution in [1.82, 2.24) is 15.1 Å². The Hall–Kier alpha value is -0.770. The lowest BCUT2D eigenvalue weighted by Gasteiger charge is -2.36. The summed E-state index contributed by atoms with van der Waals surface area (Å²) in [7, 11) is 4.16. The Morgan fingerprint density at radius 1 is 1.53 bits per heavy atom. The highest BCUT2D eigenvalue weighted by Gasteiger charge is 2.24. The Kier molecular flexibility index (Phi) is 4.88. The third kappa shape index (κ3) is 3.70. The molecule has 0 bridgehead atoms. The van der Waals surface area contributed by atoms with Crippen molar-refractivity contribution in [3.63, 3.8) is 0 Å². The SMILES string of the molecule is CCCNC(=O)N1CCCC(N(C)C)C1. The average Bonchev–Trinajstić information content (AvgIpc) is 2.26. The van der Waals surface area contributed by atoms with Gasteiger partial charge < -0.3 is 15.1 Å². The highest BCUT2D eigenvalue weighted by atomic mass is 16.2. The van der Waals surface area contributed by atoms with E-state index in [1.165, 1.54) is 6.42 Å². The van der Waals surface area contributed by atoms with Crippen molar-refractivity contribution >= 4 is 6.03 Å². The second-order valence-electron chi connectivity index (χ2n) is 4.44. The van der Waals surface area contributed by atoms with E-state index in [1.54, 1.807) is 0 Å². The van der Waals surface area contributed by atoms with Gasteiger partial charge in [0.1, 0.15) is 0 Å². The molecule has 0 aromatic heterocycles.